The molecule has 1 heterocycles. The van der Waals surface area contributed by atoms with Gasteiger partial charge in [0.2, 0.25) is 11.8 Å². The number of carboxylic acids is 2. The highest BCUT2D eigenvalue weighted by Crippen LogP contribution is 2.20. The van der Waals surface area contributed by atoms with Crippen molar-refractivity contribution in [2.45, 2.75) is 120 Å². The zero-order valence-corrected chi connectivity index (χ0v) is 39.2. The molecule has 0 atom stereocenters. The van der Waals surface area contributed by atoms with E-state index in [9.17, 15) is 32.4 Å². The SMILES string of the molecule is O=C(O)CCCCCCCCCCCCCCCOc1ccc(S(=O)(=O)Nc2ccc(C(=O)NCCCCCC(=O)NCCOCCOCC(=O)NCCOCCOCC(=O)O)cn2)cc1. The molecule has 0 saturated carbocycles. The van der Waals surface area contributed by atoms with Gasteiger partial charge in [-0.1, -0.05) is 77.0 Å². The molecule has 0 fully saturated rings. The monoisotopic (exact) mass is 951 g/mol. The molecule has 1 aromatic heterocycles. The zero-order valence-electron chi connectivity index (χ0n) is 38.4. The van der Waals surface area contributed by atoms with Crippen LogP contribution in [0.3, 0.4) is 0 Å². The van der Waals surface area contributed by atoms with Crippen LogP contribution >= 0.6 is 0 Å². The molecule has 6 N–H and O–H groups in total. The van der Waals surface area contributed by atoms with Crippen LogP contribution in [0.5, 0.6) is 5.75 Å². The Hall–Kier alpha value is -4.89. The normalized spacial score (nSPS) is 11.2. The highest BCUT2D eigenvalue weighted by Gasteiger charge is 2.16. The van der Waals surface area contributed by atoms with Crippen LogP contribution in [-0.2, 0) is 48.1 Å². The number of benzene rings is 1. The maximum absolute atomic E-state index is 13.0. The molecule has 0 bridgehead atoms. The Kier molecular flexibility index (Phi) is 32.3. The Balaban J connectivity index is 1.44. The number of sulfonamides is 1. The summed E-state index contributed by atoms with van der Waals surface area (Å²) in [5.74, 6) is -1.85. The minimum atomic E-state index is -3.92. The first-order valence-corrected chi connectivity index (χ1v) is 24.7. The summed E-state index contributed by atoms with van der Waals surface area (Å²) in [7, 11) is -3.92. The van der Waals surface area contributed by atoms with Crippen molar-refractivity contribution in [3.05, 3.63) is 48.2 Å². The number of carbonyl (C=O) groups excluding carboxylic acids is 3. The fraction of sp³-hybridized carbons (Fsp3) is 0.652. The first kappa shape index (κ1) is 57.2. The smallest absolute Gasteiger partial charge is 0.329 e. The minimum Gasteiger partial charge on any atom is -0.494 e. The van der Waals surface area contributed by atoms with Crippen molar-refractivity contribution in [3.8, 4) is 5.75 Å². The maximum atomic E-state index is 13.0. The lowest BCUT2D eigenvalue weighted by atomic mass is 10.0. The van der Waals surface area contributed by atoms with Crippen molar-refractivity contribution in [3.63, 3.8) is 0 Å². The molecule has 20 heteroatoms. The second-order valence-corrected chi connectivity index (χ2v) is 17.3. The zero-order chi connectivity index (χ0) is 47.9. The largest absolute Gasteiger partial charge is 0.494 e. The van der Waals surface area contributed by atoms with Crippen molar-refractivity contribution in [1.82, 2.24) is 20.9 Å². The summed E-state index contributed by atoms with van der Waals surface area (Å²) >= 11 is 0. The molecule has 0 radical (unpaired) electrons. The number of anilines is 1. The average Bonchev–Trinajstić information content (AvgIpc) is 3.29. The van der Waals surface area contributed by atoms with Crippen LogP contribution in [0.2, 0.25) is 0 Å². The third-order valence-corrected chi connectivity index (χ3v) is 11.3. The molecular formula is C46H73N5O14S. The molecular weight excluding hydrogens is 879 g/mol. The van der Waals surface area contributed by atoms with E-state index < -0.39 is 22.0 Å². The molecule has 2 rings (SSSR count). The summed E-state index contributed by atoms with van der Waals surface area (Å²) in [6, 6.07) is 9.13. The lowest BCUT2D eigenvalue weighted by Crippen LogP contribution is -2.31. The topological polar surface area (TPSA) is 267 Å². The van der Waals surface area contributed by atoms with E-state index >= 15 is 0 Å². The van der Waals surface area contributed by atoms with Crippen molar-refractivity contribution in [2.75, 3.05) is 83.8 Å². The van der Waals surface area contributed by atoms with E-state index in [0.29, 0.717) is 51.3 Å². The van der Waals surface area contributed by atoms with Gasteiger partial charge in [-0.15, -0.1) is 0 Å². The molecule has 19 nitrogen and oxygen atoms in total. The summed E-state index contributed by atoms with van der Waals surface area (Å²) in [6.07, 6.45) is 18.6. The number of amides is 3. The van der Waals surface area contributed by atoms with E-state index in [2.05, 4.69) is 25.7 Å². The van der Waals surface area contributed by atoms with Gasteiger partial charge >= 0.3 is 11.9 Å². The Morgan fingerprint density at radius 3 is 1.61 bits per heavy atom. The van der Waals surface area contributed by atoms with Crippen LogP contribution in [-0.4, -0.2) is 132 Å². The average molecular weight is 952 g/mol. The highest BCUT2D eigenvalue weighted by molar-refractivity contribution is 7.92. The molecule has 66 heavy (non-hydrogen) atoms. The number of carbonyl (C=O) groups is 5. The Labute approximate surface area is 389 Å². The Bertz CT molecular complexity index is 1750. The lowest BCUT2D eigenvalue weighted by Gasteiger charge is -2.10. The molecule has 0 saturated heterocycles. The number of hydrogen-bond donors (Lipinski definition) is 6. The second-order valence-electron chi connectivity index (χ2n) is 15.6. The van der Waals surface area contributed by atoms with Gasteiger partial charge in [0.05, 0.1) is 56.7 Å². The van der Waals surface area contributed by atoms with Gasteiger partial charge in [-0.3, -0.25) is 23.9 Å². The van der Waals surface area contributed by atoms with E-state index in [4.69, 9.17) is 33.9 Å². The minimum absolute atomic E-state index is 0.0569. The molecule has 0 aliphatic rings. The molecule has 1 aromatic carbocycles. The molecule has 0 aliphatic heterocycles. The predicted molar refractivity (Wildman–Crippen MR) is 247 cm³/mol. The van der Waals surface area contributed by atoms with Gasteiger partial charge in [0.1, 0.15) is 24.8 Å². The number of nitrogens with zero attached hydrogens (tertiary/aromatic N) is 1. The van der Waals surface area contributed by atoms with Crippen LogP contribution in [0.4, 0.5) is 5.82 Å². The van der Waals surface area contributed by atoms with E-state index in [1.807, 2.05) is 0 Å². The van der Waals surface area contributed by atoms with Gasteiger partial charge in [0, 0.05) is 38.7 Å². The van der Waals surface area contributed by atoms with Gasteiger partial charge < -0.3 is 49.8 Å². The molecule has 372 valence electrons. The van der Waals surface area contributed by atoms with Gasteiger partial charge in [-0.2, -0.15) is 0 Å². The number of aliphatic carboxylic acids is 2. The summed E-state index contributed by atoms with van der Waals surface area (Å²) in [4.78, 5) is 61.5. The van der Waals surface area contributed by atoms with E-state index in [0.717, 1.165) is 44.9 Å². The first-order chi connectivity index (χ1) is 32.0. The van der Waals surface area contributed by atoms with Gasteiger partial charge in [-0.05, 0) is 62.1 Å². The van der Waals surface area contributed by atoms with Crippen LogP contribution in [0.1, 0.15) is 126 Å². The van der Waals surface area contributed by atoms with Crippen molar-refractivity contribution < 1.29 is 66.3 Å². The first-order valence-electron chi connectivity index (χ1n) is 23.2. The van der Waals surface area contributed by atoms with Gasteiger partial charge in [-0.25, -0.2) is 18.2 Å². The third-order valence-electron chi connectivity index (χ3n) is 9.91. The quantitative estimate of drug-likeness (QED) is 0.0450. The molecule has 0 aliphatic carbocycles. The molecule has 3 amide bonds. The lowest BCUT2D eigenvalue weighted by molar-refractivity contribution is -0.143. The fourth-order valence-corrected chi connectivity index (χ4v) is 7.34. The Morgan fingerprint density at radius 1 is 0.500 bits per heavy atom. The Morgan fingerprint density at radius 2 is 1.03 bits per heavy atom. The van der Waals surface area contributed by atoms with Gasteiger partial charge in [0.15, 0.2) is 0 Å². The van der Waals surface area contributed by atoms with Crippen LogP contribution in [0, 0.1) is 0 Å². The number of rotatable bonds is 43. The number of aromatic nitrogens is 1. The van der Waals surface area contributed by atoms with E-state index in [1.165, 1.54) is 75.4 Å². The maximum Gasteiger partial charge on any atom is 0.329 e. The molecule has 0 unspecified atom stereocenters. The summed E-state index contributed by atoms with van der Waals surface area (Å²) < 4.78 is 54.9. The summed E-state index contributed by atoms with van der Waals surface area (Å²) in [5, 5.41) is 25.3. The highest BCUT2D eigenvalue weighted by atomic mass is 32.2. The van der Waals surface area contributed by atoms with Crippen molar-refractivity contribution >= 4 is 45.5 Å². The number of carboxylic acid groups (broad SMARTS) is 2. The third kappa shape index (κ3) is 31.1. The van der Waals surface area contributed by atoms with Crippen LogP contribution < -0.4 is 25.4 Å². The number of ether oxygens (including phenoxy) is 5. The summed E-state index contributed by atoms with van der Waals surface area (Å²) in [5.41, 5.74) is 0.280. The predicted octanol–water partition coefficient (Wildman–Crippen LogP) is 5.48. The van der Waals surface area contributed by atoms with Crippen LogP contribution in [0.25, 0.3) is 0 Å². The van der Waals surface area contributed by atoms with Crippen molar-refractivity contribution in [1.29, 1.82) is 0 Å². The second kappa shape index (κ2) is 37.2. The molecule has 0 spiro atoms. The standard InChI is InChI=1S/C46H73N5O14S/c52-42(47-26-29-61-31-33-63-36-43(53)48-27-30-62-32-34-64-37-45(56)57)17-13-12-15-25-49-46(58)38-19-24-41(50-35-38)51-66(59,60)40-22-20-39(21-23-40)65-28-16-11-9-7-5-3-1-2-4-6-8-10-14-18-44(54)55/h19-24,35H,1-18,25-34,36-37H2,(H,47,52)(H,48,53)(H,49,58)(H,50,51)(H,54,55)(H,56,57). The fourth-order valence-electron chi connectivity index (χ4n) is 6.33. The molecule has 2 aromatic rings. The number of unbranched alkanes of at least 4 members (excludes halogenated alkanes) is 14. The number of pyridine rings is 1. The number of hydrogen-bond acceptors (Lipinski definition) is 13. The number of nitrogens with one attached hydrogen (secondary N) is 4. The summed E-state index contributed by atoms with van der Waals surface area (Å²) in [6.45, 7) is 2.43. The van der Waals surface area contributed by atoms with Crippen molar-refractivity contribution in [2.24, 2.45) is 0 Å². The van der Waals surface area contributed by atoms with Crippen LogP contribution in [0.15, 0.2) is 47.5 Å². The van der Waals surface area contributed by atoms with E-state index in [1.54, 1.807) is 12.1 Å². The van der Waals surface area contributed by atoms with Gasteiger partial charge in [0.25, 0.3) is 15.9 Å². The van der Waals surface area contributed by atoms with E-state index in [-0.39, 0.29) is 93.2 Å².